The summed E-state index contributed by atoms with van der Waals surface area (Å²) in [5.74, 6) is -0.258. The molecule has 0 aliphatic carbocycles. The number of hydrazone groups is 1. The van der Waals surface area contributed by atoms with Gasteiger partial charge in [-0.3, -0.25) is 4.79 Å². The molecule has 142 valence electrons. The van der Waals surface area contributed by atoms with Gasteiger partial charge in [0.1, 0.15) is 5.75 Å². The molecular formula is C21H24N2O4. The Labute approximate surface area is 159 Å². The smallest absolute Gasteiger partial charge is 0.338 e. The van der Waals surface area contributed by atoms with Crippen molar-refractivity contribution in [1.29, 1.82) is 0 Å². The van der Waals surface area contributed by atoms with E-state index in [0.717, 1.165) is 17.5 Å². The molecule has 1 N–H and O–H groups in total. The third kappa shape index (κ3) is 6.58. The second-order valence-electron chi connectivity index (χ2n) is 6.05. The van der Waals surface area contributed by atoms with Crippen molar-refractivity contribution in [3.8, 4) is 5.75 Å². The minimum atomic E-state index is -0.373. The van der Waals surface area contributed by atoms with Gasteiger partial charge in [0.05, 0.1) is 17.9 Å². The number of nitrogens with one attached hydrogen (secondary N) is 1. The first-order chi connectivity index (χ1) is 13.0. The first kappa shape index (κ1) is 20.2. The topological polar surface area (TPSA) is 77.0 Å². The lowest BCUT2D eigenvalue weighted by Gasteiger charge is -2.07. The van der Waals surface area contributed by atoms with Crippen LogP contribution in [0.5, 0.6) is 5.75 Å². The molecule has 2 aromatic rings. The minimum absolute atomic E-state index is 0.176. The number of carbonyl (C=O) groups is 2. The number of esters is 1. The molecule has 0 heterocycles. The Hall–Kier alpha value is -3.15. The van der Waals surface area contributed by atoms with Crippen LogP contribution in [0, 0.1) is 6.92 Å². The van der Waals surface area contributed by atoms with Gasteiger partial charge in [0, 0.05) is 0 Å². The number of rotatable bonds is 8. The van der Waals surface area contributed by atoms with Crippen molar-refractivity contribution >= 4 is 17.6 Å². The van der Waals surface area contributed by atoms with E-state index in [0.29, 0.717) is 23.6 Å². The molecule has 2 rings (SSSR count). The lowest BCUT2D eigenvalue weighted by Crippen LogP contribution is -2.25. The van der Waals surface area contributed by atoms with Gasteiger partial charge >= 0.3 is 5.97 Å². The van der Waals surface area contributed by atoms with Crippen LogP contribution in [-0.4, -0.2) is 30.8 Å². The van der Waals surface area contributed by atoms with Crippen LogP contribution < -0.4 is 10.2 Å². The molecule has 0 saturated carbocycles. The Kier molecular flexibility index (Phi) is 7.55. The zero-order valence-electron chi connectivity index (χ0n) is 15.8. The molecule has 0 radical (unpaired) electrons. The van der Waals surface area contributed by atoms with E-state index in [9.17, 15) is 9.59 Å². The predicted molar refractivity (Wildman–Crippen MR) is 104 cm³/mol. The van der Waals surface area contributed by atoms with E-state index >= 15 is 0 Å². The molecule has 0 spiro atoms. The monoisotopic (exact) mass is 368 g/mol. The van der Waals surface area contributed by atoms with Gasteiger partial charge in [-0.2, -0.15) is 5.10 Å². The number of carbonyl (C=O) groups excluding carboxylic acids is 2. The van der Waals surface area contributed by atoms with Crippen LogP contribution in [0.3, 0.4) is 0 Å². The van der Waals surface area contributed by atoms with Crippen LogP contribution in [0.2, 0.25) is 0 Å². The fraction of sp³-hybridized carbons (Fsp3) is 0.286. The Balaban J connectivity index is 1.82. The van der Waals surface area contributed by atoms with Crippen LogP contribution >= 0.6 is 0 Å². The maximum absolute atomic E-state index is 11.9. The first-order valence-electron chi connectivity index (χ1n) is 8.79. The second kappa shape index (κ2) is 10.1. The normalized spacial score (nSPS) is 11.0. The van der Waals surface area contributed by atoms with Crippen molar-refractivity contribution in [2.45, 2.75) is 27.2 Å². The highest BCUT2D eigenvalue weighted by Gasteiger charge is 2.07. The summed E-state index contributed by atoms with van der Waals surface area (Å²) in [7, 11) is 0. The average molecular weight is 368 g/mol. The van der Waals surface area contributed by atoms with E-state index in [1.54, 1.807) is 24.3 Å². The largest absolute Gasteiger partial charge is 0.484 e. The Morgan fingerprint density at radius 2 is 1.63 bits per heavy atom. The summed E-state index contributed by atoms with van der Waals surface area (Å²) in [6.07, 6.45) is 0.772. The summed E-state index contributed by atoms with van der Waals surface area (Å²) in [5.41, 5.74) is 5.72. The summed E-state index contributed by atoms with van der Waals surface area (Å²) in [6.45, 7) is 5.98. The van der Waals surface area contributed by atoms with Gasteiger partial charge in [0.2, 0.25) is 0 Å². The second-order valence-corrected chi connectivity index (χ2v) is 6.05. The van der Waals surface area contributed by atoms with Gasteiger partial charge in [-0.05, 0) is 50.1 Å². The van der Waals surface area contributed by atoms with E-state index in [1.807, 2.05) is 45.0 Å². The van der Waals surface area contributed by atoms with E-state index in [-0.39, 0.29) is 18.5 Å². The van der Waals surface area contributed by atoms with Crippen molar-refractivity contribution in [1.82, 2.24) is 5.43 Å². The highest BCUT2D eigenvalue weighted by Crippen LogP contribution is 2.13. The molecule has 0 fully saturated rings. The van der Waals surface area contributed by atoms with Crippen LogP contribution in [0.15, 0.2) is 53.6 Å². The first-order valence-corrected chi connectivity index (χ1v) is 8.79. The van der Waals surface area contributed by atoms with Gasteiger partial charge in [-0.15, -0.1) is 0 Å². The summed E-state index contributed by atoms with van der Waals surface area (Å²) in [5, 5.41) is 4.08. The van der Waals surface area contributed by atoms with Crippen LogP contribution in [-0.2, 0) is 9.53 Å². The van der Waals surface area contributed by atoms with E-state index in [1.165, 1.54) is 0 Å². The Bertz CT molecular complexity index is 796. The quantitative estimate of drug-likeness (QED) is 0.440. The van der Waals surface area contributed by atoms with Gasteiger partial charge in [-0.25, -0.2) is 10.2 Å². The molecule has 0 aliphatic heterocycles. The third-order valence-electron chi connectivity index (χ3n) is 3.71. The number of ether oxygens (including phenoxy) is 2. The maximum Gasteiger partial charge on any atom is 0.338 e. The molecule has 0 saturated heterocycles. The molecule has 0 unspecified atom stereocenters. The lowest BCUT2D eigenvalue weighted by atomic mass is 10.1. The SMILES string of the molecule is CCCOC(=O)c1ccc(OCC(=O)N/N=C(\C)c2ccc(C)cc2)cc1. The van der Waals surface area contributed by atoms with Crippen molar-refractivity contribution in [3.05, 3.63) is 65.2 Å². The van der Waals surface area contributed by atoms with Crippen LogP contribution in [0.1, 0.15) is 41.8 Å². The van der Waals surface area contributed by atoms with Gasteiger partial charge < -0.3 is 9.47 Å². The summed E-state index contributed by atoms with van der Waals surface area (Å²) < 4.78 is 10.5. The molecule has 2 aromatic carbocycles. The fourth-order valence-corrected chi connectivity index (χ4v) is 2.15. The van der Waals surface area contributed by atoms with E-state index < -0.39 is 0 Å². The highest BCUT2D eigenvalue weighted by molar-refractivity contribution is 5.99. The van der Waals surface area contributed by atoms with Crippen molar-refractivity contribution in [3.63, 3.8) is 0 Å². The lowest BCUT2D eigenvalue weighted by molar-refractivity contribution is -0.123. The van der Waals surface area contributed by atoms with Crippen LogP contribution in [0.25, 0.3) is 0 Å². The zero-order chi connectivity index (χ0) is 19.6. The third-order valence-corrected chi connectivity index (χ3v) is 3.71. The maximum atomic E-state index is 11.9. The molecule has 0 aliphatic rings. The van der Waals surface area contributed by atoms with Crippen LogP contribution in [0.4, 0.5) is 0 Å². The van der Waals surface area contributed by atoms with E-state index in [4.69, 9.17) is 9.47 Å². The number of amides is 1. The summed E-state index contributed by atoms with van der Waals surface area (Å²) in [6, 6.07) is 14.3. The molecular weight excluding hydrogens is 344 g/mol. The number of aryl methyl sites for hydroxylation is 1. The molecule has 0 bridgehead atoms. The van der Waals surface area contributed by atoms with Gasteiger partial charge in [0.25, 0.3) is 5.91 Å². The van der Waals surface area contributed by atoms with Crippen molar-refractivity contribution in [2.75, 3.05) is 13.2 Å². The fourth-order valence-electron chi connectivity index (χ4n) is 2.15. The van der Waals surface area contributed by atoms with Crippen molar-refractivity contribution in [2.24, 2.45) is 5.10 Å². The average Bonchev–Trinajstić information content (AvgIpc) is 2.69. The highest BCUT2D eigenvalue weighted by atomic mass is 16.5. The number of hydrogen-bond donors (Lipinski definition) is 1. The zero-order valence-corrected chi connectivity index (χ0v) is 15.8. The molecule has 6 nitrogen and oxygen atoms in total. The Morgan fingerprint density at radius 1 is 1.00 bits per heavy atom. The Morgan fingerprint density at radius 3 is 2.26 bits per heavy atom. The van der Waals surface area contributed by atoms with E-state index in [2.05, 4.69) is 10.5 Å². The van der Waals surface area contributed by atoms with Gasteiger partial charge in [-0.1, -0.05) is 36.8 Å². The summed E-state index contributed by atoms with van der Waals surface area (Å²) in [4.78, 5) is 23.6. The number of hydrogen-bond acceptors (Lipinski definition) is 5. The molecule has 27 heavy (non-hydrogen) atoms. The predicted octanol–water partition coefficient (Wildman–Crippen LogP) is 3.48. The van der Waals surface area contributed by atoms with Crippen molar-refractivity contribution < 1.29 is 19.1 Å². The number of benzene rings is 2. The number of nitrogens with zero attached hydrogens (tertiary/aromatic N) is 1. The molecule has 0 aromatic heterocycles. The molecule has 1 amide bonds. The summed E-state index contributed by atoms with van der Waals surface area (Å²) >= 11 is 0. The molecule has 0 atom stereocenters. The molecule has 6 heteroatoms. The standard InChI is InChI=1S/C21H24N2O4/c1-4-13-26-21(25)18-9-11-19(12-10-18)27-14-20(24)23-22-16(3)17-7-5-15(2)6-8-17/h5-12H,4,13-14H2,1-3H3,(H,23,24)/b22-16+. The van der Waals surface area contributed by atoms with Gasteiger partial charge in [0.15, 0.2) is 6.61 Å². The minimum Gasteiger partial charge on any atom is -0.484 e.